The molecule has 0 aromatic heterocycles. The molecule has 1 aliphatic heterocycles. The molecule has 1 atom stereocenters. The van der Waals surface area contributed by atoms with Gasteiger partial charge in [-0.05, 0) is 43.2 Å². The monoisotopic (exact) mass is 320 g/mol. The summed E-state index contributed by atoms with van der Waals surface area (Å²) in [5, 5.41) is 2.89. The topological polar surface area (TPSA) is 73.6 Å². The van der Waals surface area contributed by atoms with Crippen LogP contribution >= 0.6 is 0 Å². The highest BCUT2D eigenvalue weighted by molar-refractivity contribution is 5.95. The summed E-state index contributed by atoms with van der Waals surface area (Å²) in [6.45, 7) is 6.38. The quantitative estimate of drug-likeness (QED) is 0.810. The normalized spacial score (nSPS) is 17.0. The maximum absolute atomic E-state index is 12.3. The highest BCUT2D eigenvalue weighted by atomic mass is 16.5. The molecule has 1 amide bonds. The number of benzene rings is 1. The van der Waals surface area contributed by atoms with E-state index in [2.05, 4.69) is 19.2 Å². The summed E-state index contributed by atoms with van der Waals surface area (Å²) >= 11 is 0. The Morgan fingerprint density at radius 2 is 2.13 bits per heavy atom. The van der Waals surface area contributed by atoms with Crippen LogP contribution in [-0.4, -0.2) is 31.8 Å². The van der Waals surface area contributed by atoms with Crippen molar-refractivity contribution in [1.29, 1.82) is 0 Å². The molecule has 1 saturated heterocycles. The van der Waals surface area contributed by atoms with Crippen molar-refractivity contribution >= 4 is 11.6 Å². The molecule has 128 valence electrons. The number of nitrogens with two attached hydrogens (primary N) is 1. The Kier molecular flexibility index (Phi) is 6.86. The molecule has 23 heavy (non-hydrogen) atoms. The molecule has 5 heteroatoms. The molecule has 1 unspecified atom stereocenters. The van der Waals surface area contributed by atoms with Crippen LogP contribution in [0.4, 0.5) is 5.69 Å². The minimum atomic E-state index is -0.496. The number of hydrogen-bond donors (Lipinski definition) is 2. The average molecular weight is 320 g/mol. The lowest BCUT2D eigenvalue weighted by molar-refractivity contribution is -0.119. The van der Waals surface area contributed by atoms with Crippen molar-refractivity contribution in [2.45, 2.75) is 39.2 Å². The van der Waals surface area contributed by atoms with Gasteiger partial charge in [0.2, 0.25) is 5.91 Å². The number of carbonyl (C=O) groups excluding carboxylic acids is 1. The van der Waals surface area contributed by atoms with Gasteiger partial charge in [0.05, 0.1) is 12.6 Å². The van der Waals surface area contributed by atoms with Crippen molar-refractivity contribution in [2.24, 2.45) is 17.6 Å². The second-order valence-electron chi connectivity index (χ2n) is 6.52. The second-order valence-corrected chi connectivity index (χ2v) is 6.52. The summed E-state index contributed by atoms with van der Waals surface area (Å²) in [5.74, 6) is 1.42. The molecule has 1 aromatic carbocycles. The summed E-state index contributed by atoms with van der Waals surface area (Å²) in [6.07, 6.45) is 2.69. The summed E-state index contributed by atoms with van der Waals surface area (Å²) in [6, 6.07) is 6.97. The molecule has 2 rings (SSSR count). The van der Waals surface area contributed by atoms with Gasteiger partial charge < -0.3 is 20.5 Å². The van der Waals surface area contributed by atoms with Gasteiger partial charge in [-0.15, -0.1) is 0 Å². The Hall–Kier alpha value is -1.59. The second kappa shape index (κ2) is 8.89. The van der Waals surface area contributed by atoms with E-state index in [0.29, 0.717) is 25.7 Å². The zero-order valence-electron chi connectivity index (χ0n) is 14.1. The maximum atomic E-state index is 12.3. The van der Waals surface area contributed by atoms with Crippen LogP contribution in [0, 0.1) is 11.8 Å². The van der Waals surface area contributed by atoms with Crippen LogP contribution in [0.2, 0.25) is 0 Å². The van der Waals surface area contributed by atoms with Crippen molar-refractivity contribution in [3.63, 3.8) is 0 Å². The van der Waals surface area contributed by atoms with Crippen molar-refractivity contribution in [2.75, 3.05) is 25.1 Å². The molecule has 0 aliphatic carbocycles. The summed E-state index contributed by atoms with van der Waals surface area (Å²) in [7, 11) is 0. The molecule has 1 fully saturated rings. The first kappa shape index (κ1) is 17.8. The molecule has 0 spiro atoms. The maximum Gasteiger partial charge on any atom is 0.241 e. The van der Waals surface area contributed by atoms with Crippen LogP contribution in [0.3, 0.4) is 0 Å². The standard InChI is InChI=1S/C18H28N2O3/c1-13(2)6-11-23-16-5-3-4-15(12-16)20-18(21)17(19)14-7-9-22-10-8-14/h3-5,12-14,17H,6-11,19H2,1-2H3,(H,20,21). The molecule has 0 bridgehead atoms. The largest absolute Gasteiger partial charge is 0.494 e. The van der Waals surface area contributed by atoms with Gasteiger partial charge >= 0.3 is 0 Å². The highest BCUT2D eigenvalue weighted by Gasteiger charge is 2.26. The van der Waals surface area contributed by atoms with E-state index in [9.17, 15) is 4.79 Å². The smallest absolute Gasteiger partial charge is 0.241 e. The number of ether oxygens (including phenoxy) is 2. The number of anilines is 1. The lowest BCUT2D eigenvalue weighted by atomic mass is 9.92. The summed E-state index contributed by atoms with van der Waals surface area (Å²) in [4.78, 5) is 12.3. The number of hydrogen-bond acceptors (Lipinski definition) is 4. The number of nitrogens with one attached hydrogen (secondary N) is 1. The molecule has 0 radical (unpaired) electrons. The number of rotatable bonds is 7. The van der Waals surface area contributed by atoms with E-state index in [1.54, 1.807) is 0 Å². The molecule has 0 saturated carbocycles. The predicted octanol–water partition coefficient (Wildman–Crippen LogP) is 2.80. The Morgan fingerprint density at radius 3 is 2.83 bits per heavy atom. The van der Waals surface area contributed by atoms with Gasteiger partial charge in [-0.2, -0.15) is 0 Å². The predicted molar refractivity (Wildman–Crippen MR) is 91.5 cm³/mol. The van der Waals surface area contributed by atoms with E-state index < -0.39 is 6.04 Å². The first-order chi connectivity index (χ1) is 11.1. The van der Waals surface area contributed by atoms with Crippen LogP contribution in [0.1, 0.15) is 33.1 Å². The first-order valence-electron chi connectivity index (χ1n) is 8.43. The van der Waals surface area contributed by atoms with Gasteiger partial charge in [-0.3, -0.25) is 4.79 Å². The summed E-state index contributed by atoms with van der Waals surface area (Å²) < 4.78 is 11.0. The fourth-order valence-electron chi connectivity index (χ4n) is 2.59. The van der Waals surface area contributed by atoms with E-state index in [1.807, 2.05) is 24.3 Å². The fourth-order valence-corrected chi connectivity index (χ4v) is 2.59. The molecular formula is C18H28N2O3. The van der Waals surface area contributed by atoms with Gasteiger partial charge in [-0.1, -0.05) is 19.9 Å². The molecule has 3 N–H and O–H groups in total. The molecule has 1 heterocycles. The first-order valence-corrected chi connectivity index (χ1v) is 8.43. The number of carbonyl (C=O) groups is 1. The Morgan fingerprint density at radius 1 is 1.39 bits per heavy atom. The van der Waals surface area contributed by atoms with Crippen molar-refractivity contribution < 1.29 is 14.3 Å². The van der Waals surface area contributed by atoms with Crippen LogP contribution in [0.5, 0.6) is 5.75 Å². The summed E-state index contributed by atoms with van der Waals surface area (Å²) in [5.41, 5.74) is 6.81. The fraction of sp³-hybridized carbons (Fsp3) is 0.611. The van der Waals surface area contributed by atoms with Crippen LogP contribution in [0.15, 0.2) is 24.3 Å². The van der Waals surface area contributed by atoms with Crippen molar-refractivity contribution in [3.05, 3.63) is 24.3 Å². The zero-order valence-corrected chi connectivity index (χ0v) is 14.1. The van der Waals surface area contributed by atoms with E-state index in [-0.39, 0.29) is 11.8 Å². The van der Waals surface area contributed by atoms with E-state index in [0.717, 1.165) is 30.7 Å². The average Bonchev–Trinajstić information content (AvgIpc) is 2.55. The van der Waals surface area contributed by atoms with Crippen molar-refractivity contribution in [3.8, 4) is 5.75 Å². The van der Waals surface area contributed by atoms with E-state index in [1.165, 1.54) is 0 Å². The third-order valence-corrected chi connectivity index (χ3v) is 4.14. The van der Waals surface area contributed by atoms with Crippen LogP contribution in [0.25, 0.3) is 0 Å². The molecule has 5 nitrogen and oxygen atoms in total. The van der Waals surface area contributed by atoms with Gasteiger partial charge in [-0.25, -0.2) is 0 Å². The van der Waals surface area contributed by atoms with E-state index in [4.69, 9.17) is 15.2 Å². The SMILES string of the molecule is CC(C)CCOc1cccc(NC(=O)C(N)C2CCOCC2)c1. The van der Waals surface area contributed by atoms with E-state index >= 15 is 0 Å². The van der Waals surface area contributed by atoms with Gasteiger partial charge in [0.1, 0.15) is 5.75 Å². The number of amides is 1. The zero-order chi connectivity index (χ0) is 16.7. The van der Waals surface area contributed by atoms with Gasteiger partial charge in [0.15, 0.2) is 0 Å². The third kappa shape index (κ3) is 5.84. The molecule has 1 aromatic rings. The molecule has 1 aliphatic rings. The van der Waals surface area contributed by atoms with Gasteiger partial charge in [0.25, 0.3) is 0 Å². The Balaban J connectivity index is 1.87. The minimum absolute atomic E-state index is 0.142. The van der Waals surface area contributed by atoms with Gasteiger partial charge in [0, 0.05) is 25.0 Å². The Bertz CT molecular complexity index is 499. The molecular weight excluding hydrogens is 292 g/mol. The minimum Gasteiger partial charge on any atom is -0.494 e. The lowest BCUT2D eigenvalue weighted by Gasteiger charge is -2.26. The highest BCUT2D eigenvalue weighted by Crippen LogP contribution is 2.21. The van der Waals surface area contributed by atoms with Crippen LogP contribution in [-0.2, 0) is 9.53 Å². The Labute approximate surface area is 138 Å². The van der Waals surface area contributed by atoms with Crippen LogP contribution < -0.4 is 15.8 Å². The third-order valence-electron chi connectivity index (χ3n) is 4.14. The van der Waals surface area contributed by atoms with Crippen molar-refractivity contribution in [1.82, 2.24) is 0 Å². The lowest BCUT2D eigenvalue weighted by Crippen LogP contribution is -2.43.